The van der Waals surface area contributed by atoms with Gasteiger partial charge in [0.2, 0.25) is 0 Å². The van der Waals surface area contributed by atoms with Gasteiger partial charge in [0.15, 0.2) is 0 Å². The lowest BCUT2D eigenvalue weighted by atomic mass is 9.96. The summed E-state index contributed by atoms with van der Waals surface area (Å²) in [5.41, 5.74) is 1.04. The maximum absolute atomic E-state index is 13.0. The molecule has 1 aromatic carbocycles. The number of Topliss-reactive ketones (excluding diaryl/α,β-unsaturated/α-hetero) is 1. The van der Waals surface area contributed by atoms with E-state index in [1.54, 1.807) is 48.8 Å². The molecule has 1 fully saturated rings. The molecule has 1 aromatic heterocycles. The second kappa shape index (κ2) is 9.54. The maximum Gasteiger partial charge on any atom is 0.295 e. The molecule has 1 amide bonds. The molecule has 30 heavy (non-hydrogen) atoms. The Labute approximate surface area is 175 Å². The Morgan fingerprint density at radius 1 is 1.20 bits per heavy atom. The molecule has 2 aromatic rings. The molecule has 1 aliphatic rings. The molecule has 1 N–H and O–H groups in total. The number of ketones is 1. The summed E-state index contributed by atoms with van der Waals surface area (Å²) in [5, 5.41) is 11.1. The third kappa shape index (κ3) is 4.36. The standard InChI is InChI=1S/C23H26N2O5/c1-15(2)30-13-7-12-25-20(16-8-6-11-24-14-16)19(22(27)23(25)28)21(26)17-9-4-5-10-18(17)29-3/h4-6,8-11,14-15,20,26H,7,12-13H2,1-3H3/b21-19-. The molecule has 0 radical (unpaired) electrons. The lowest BCUT2D eigenvalue weighted by Crippen LogP contribution is -2.31. The summed E-state index contributed by atoms with van der Waals surface area (Å²) in [5.74, 6) is -1.22. The highest BCUT2D eigenvalue weighted by atomic mass is 16.5. The highest BCUT2D eigenvalue weighted by Crippen LogP contribution is 2.40. The fourth-order valence-corrected chi connectivity index (χ4v) is 3.53. The zero-order chi connectivity index (χ0) is 21.7. The number of hydrogen-bond donors (Lipinski definition) is 1. The third-order valence-corrected chi connectivity index (χ3v) is 4.90. The van der Waals surface area contributed by atoms with Gasteiger partial charge in [0.1, 0.15) is 11.5 Å². The Balaban J connectivity index is 2.04. The number of para-hydroxylation sites is 1. The minimum atomic E-state index is -0.734. The minimum Gasteiger partial charge on any atom is -0.507 e. The molecule has 1 atom stereocenters. The zero-order valence-corrected chi connectivity index (χ0v) is 17.4. The average Bonchev–Trinajstić information content (AvgIpc) is 3.01. The molecule has 0 bridgehead atoms. The van der Waals surface area contributed by atoms with Gasteiger partial charge in [-0.1, -0.05) is 18.2 Å². The molecular formula is C23H26N2O5. The quantitative estimate of drug-likeness (QED) is 0.311. The van der Waals surface area contributed by atoms with Crippen LogP contribution in [0.2, 0.25) is 0 Å². The monoisotopic (exact) mass is 410 g/mol. The van der Waals surface area contributed by atoms with Crippen molar-refractivity contribution in [1.82, 2.24) is 9.88 Å². The molecular weight excluding hydrogens is 384 g/mol. The van der Waals surface area contributed by atoms with Crippen LogP contribution in [0.3, 0.4) is 0 Å². The number of likely N-dealkylation sites (tertiary alicyclic amines) is 1. The third-order valence-electron chi connectivity index (χ3n) is 4.90. The second-order valence-electron chi connectivity index (χ2n) is 7.25. The van der Waals surface area contributed by atoms with Crippen LogP contribution in [0, 0.1) is 0 Å². The summed E-state index contributed by atoms with van der Waals surface area (Å²) in [4.78, 5) is 31.4. The van der Waals surface area contributed by atoms with Gasteiger partial charge in [-0.2, -0.15) is 0 Å². The van der Waals surface area contributed by atoms with E-state index in [9.17, 15) is 14.7 Å². The number of benzene rings is 1. The first-order valence-corrected chi connectivity index (χ1v) is 9.89. The van der Waals surface area contributed by atoms with Crippen LogP contribution in [-0.4, -0.2) is 53.0 Å². The molecule has 1 saturated heterocycles. The van der Waals surface area contributed by atoms with Crippen LogP contribution in [-0.2, 0) is 14.3 Å². The number of carbonyl (C=O) groups is 2. The Kier molecular flexibility index (Phi) is 6.84. The van der Waals surface area contributed by atoms with Gasteiger partial charge in [-0.3, -0.25) is 14.6 Å². The van der Waals surface area contributed by atoms with Crippen molar-refractivity contribution in [3.63, 3.8) is 0 Å². The van der Waals surface area contributed by atoms with Gasteiger partial charge < -0.3 is 19.5 Å². The van der Waals surface area contributed by atoms with Crippen molar-refractivity contribution in [2.75, 3.05) is 20.3 Å². The fourth-order valence-electron chi connectivity index (χ4n) is 3.53. The van der Waals surface area contributed by atoms with Gasteiger partial charge in [-0.15, -0.1) is 0 Å². The van der Waals surface area contributed by atoms with E-state index in [0.29, 0.717) is 36.4 Å². The number of carbonyl (C=O) groups excluding carboxylic acids is 2. The van der Waals surface area contributed by atoms with Crippen molar-refractivity contribution in [2.24, 2.45) is 0 Å². The summed E-state index contributed by atoms with van der Waals surface area (Å²) < 4.78 is 10.9. The van der Waals surface area contributed by atoms with E-state index < -0.39 is 17.7 Å². The fraction of sp³-hybridized carbons (Fsp3) is 0.348. The number of aromatic nitrogens is 1. The van der Waals surface area contributed by atoms with Crippen molar-refractivity contribution >= 4 is 17.4 Å². The molecule has 0 spiro atoms. The van der Waals surface area contributed by atoms with E-state index >= 15 is 0 Å². The topological polar surface area (TPSA) is 89.0 Å². The lowest BCUT2D eigenvalue weighted by Gasteiger charge is -2.25. The predicted octanol–water partition coefficient (Wildman–Crippen LogP) is 3.33. The Morgan fingerprint density at radius 3 is 2.63 bits per heavy atom. The number of amides is 1. The zero-order valence-electron chi connectivity index (χ0n) is 17.4. The van der Waals surface area contributed by atoms with Gasteiger partial charge in [-0.25, -0.2) is 0 Å². The highest BCUT2D eigenvalue weighted by Gasteiger charge is 2.46. The van der Waals surface area contributed by atoms with Crippen molar-refractivity contribution in [3.8, 4) is 5.75 Å². The molecule has 0 saturated carbocycles. The van der Waals surface area contributed by atoms with E-state index in [0.717, 1.165) is 0 Å². The van der Waals surface area contributed by atoms with E-state index in [4.69, 9.17) is 9.47 Å². The van der Waals surface area contributed by atoms with E-state index in [2.05, 4.69) is 4.98 Å². The van der Waals surface area contributed by atoms with Crippen molar-refractivity contribution < 1.29 is 24.2 Å². The highest BCUT2D eigenvalue weighted by molar-refractivity contribution is 6.46. The molecule has 7 heteroatoms. The lowest BCUT2D eigenvalue weighted by molar-refractivity contribution is -0.140. The summed E-state index contributed by atoms with van der Waals surface area (Å²) >= 11 is 0. The second-order valence-corrected chi connectivity index (χ2v) is 7.25. The number of nitrogens with zero attached hydrogens (tertiary/aromatic N) is 2. The van der Waals surface area contributed by atoms with Crippen LogP contribution < -0.4 is 4.74 Å². The summed E-state index contributed by atoms with van der Waals surface area (Å²) in [6.07, 6.45) is 3.87. The smallest absolute Gasteiger partial charge is 0.295 e. The Morgan fingerprint density at radius 2 is 1.97 bits per heavy atom. The van der Waals surface area contributed by atoms with E-state index in [1.165, 1.54) is 12.0 Å². The van der Waals surface area contributed by atoms with Gasteiger partial charge in [0.25, 0.3) is 11.7 Å². The number of methoxy groups -OCH3 is 1. The SMILES string of the molecule is COc1ccccc1/C(O)=C1/C(=O)C(=O)N(CCCOC(C)C)C1c1cccnc1. The molecule has 7 nitrogen and oxygen atoms in total. The molecule has 1 aliphatic heterocycles. The Hall–Kier alpha value is -3.19. The number of ether oxygens (including phenoxy) is 2. The first-order chi connectivity index (χ1) is 14.5. The first-order valence-electron chi connectivity index (χ1n) is 9.89. The molecule has 2 heterocycles. The number of hydrogen-bond acceptors (Lipinski definition) is 6. The van der Waals surface area contributed by atoms with Crippen molar-refractivity contribution in [3.05, 3.63) is 65.5 Å². The van der Waals surface area contributed by atoms with Crippen LogP contribution in [0.5, 0.6) is 5.75 Å². The van der Waals surface area contributed by atoms with Crippen LogP contribution in [0.25, 0.3) is 5.76 Å². The average molecular weight is 410 g/mol. The molecule has 3 rings (SSSR count). The van der Waals surface area contributed by atoms with Crippen LogP contribution >= 0.6 is 0 Å². The number of rotatable bonds is 8. The maximum atomic E-state index is 13.0. The predicted molar refractivity (Wildman–Crippen MR) is 112 cm³/mol. The van der Waals surface area contributed by atoms with Crippen molar-refractivity contribution in [2.45, 2.75) is 32.4 Å². The first kappa shape index (κ1) is 21.5. The van der Waals surface area contributed by atoms with Crippen LogP contribution in [0.15, 0.2) is 54.4 Å². The number of aliphatic hydroxyl groups excluding tert-OH is 1. The summed E-state index contributed by atoms with van der Waals surface area (Å²) in [6, 6.07) is 9.63. The number of pyridine rings is 1. The van der Waals surface area contributed by atoms with Gasteiger partial charge >= 0.3 is 0 Å². The summed E-state index contributed by atoms with van der Waals surface area (Å²) in [7, 11) is 1.48. The van der Waals surface area contributed by atoms with E-state index in [1.807, 2.05) is 13.8 Å². The molecule has 158 valence electrons. The molecule has 0 aliphatic carbocycles. The molecule has 1 unspecified atom stereocenters. The van der Waals surface area contributed by atoms with Crippen LogP contribution in [0.1, 0.15) is 37.4 Å². The van der Waals surface area contributed by atoms with Crippen LogP contribution in [0.4, 0.5) is 0 Å². The minimum absolute atomic E-state index is 0.0299. The van der Waals surface area contributed by atoms with Crippen molar-refractivity contribution in [1.29, 1.82) is 0 Å². The van der Waals surface area contributed by atoms with E-state index in [-0.39, 0.29) is 17.4 Å². The van der Waals surface area contributed by atoms with Gasteiger partial charge in [0.05, 0.1) is 30.4 Å². The summed E-state index contributed by atoms with van der Waals surface area (Å²) in [6.45, 7) is 4.66. The largest absolute Gasteiger partial charge is 0.507 e. The van der Waals surface area contributed by atoms with Gasteiger partial charge in [0, 0.05) is 25.5 Å². The van der Waals surface area contributed by atoms with Gasteiger partial charge in [-0.05, 0) is 44.0 Å². The normalized spacial score (nSPS) is 18.3. The number of aliphatic hydroxyl groups is 1. The Bertz CT molecular complexity index is 940.